The van der Waals surface area contributed by atoms with Crippen molar-refractivity contribution in [3.63, 3.8) is 0 Å². The van der Waals surface area contributed by atoms with Crippen LogP contribution in [0.5, 0.6) is 0 Å². The Kier molecular flexibility index (Phi) is 5.85. The van der Waals surface area contributed by atoms with Gasteiger partial charge in [0.2, 0.25) is 0 Å². The van der Waals surface area contributed by atoms with Crippen LogP contribution in [0.2, 0.25) is 0 Å². The van der Waals surface area contributed by atoms with E-state index in [9.17, 15) is 4.79 Å². The molecule has 2 N–H and O–H groups in total. The van der Waals surface area contributed by atoms with Gasteiger partial charge in [-0.1, -0.05) is 18.6 Å². The maximum atomic E-state index is 12.5. The topological polar surface area (TPSA) is 73.9 Å². The van der Waals surface area contributed by atoms with Gasteiger partial charge in [-0.25, -0.2) is 4.98 Å². The summed E-state index contributed by atoms with van der Waals surface area (Å²) in [5.74, 6) is -0.0356. The second kappa shape index (κ2) is 8.94. The maximum absolute atomic E-state index is 12.5. The van der Waals surface area contributed by atoms with Gasteiger partial charge in [0.25, 0.3) is 5.91 Å². The molecule has 0 bridgehead atoms. The molecule has 0 fully saturated rings. The highest BCUT2D eigenvalue weighted by Crippen LogP contribution is 2.38. The molecule has 6 nitrogen and oxygen atoms in total. The van der Waals surface area contributed by atoms with Gasteiger partial charge in [-0.2, -0.15) is 5.10 Å². The summed E-state index contributed by atoms with van der Waals surface area (Å²) in [7, 11) is 4.00. The summed E-state index contributed by atoms with van der Waals surface area (Å²) >= 11 is 0. The van der Waals surface area contributed by atoms with Gasteiger partial charge in [0, 0.05) is 40.7 Å². The molecule has 170 valence electrons. The molecule has 1 amide bonds. The Bertz CT molecular complexity index is 1320. The van der Waals surface area contributed by atoms with Crippen LogP contribution in [0.3, 0.4) is 0 Å². The van der Waals surface area contributed by atoms with Crippen LogP contribution in [-0.4, -0.2) is 53.2 Å². The quantitative estimate of drug-likeness (QED) is 0.442. The lowest BCUT2D eigenvalue weighted by molar-refractivity contribution is 0.0951. The van der Waals surface area contributed by atoms with Crippen LogP contribution < -0.4 is 5.32 Å². The van der Waals surface area contributed by atoms with Crippen molar-refractivity contribution in [3.8, 4) is 11.3 Å². The van der Waals surface area contributed by atoms with Crippen molar-refractivity contribution in [3.05, 3.63) is 58.8 Å². The minimum Gasteiger partial charge on any atom is -0.351 e. The molecule has 0 unspecified atom stereocenters. The minimum absolute atomic E-state index is 0.0356. The Morgan fingerprint density at radius 1 is 0.970 bits per heavy atom. The summed E-state index contributed by atoms with van der Waals surface area (Å²) in [6.07, 6.45) is 5.72. The summed E-state index contributed by atoms with van der Waals surface area (Å²) in [6.45, 7) is 3.55. The van der Waals surface area contributed by atoms with E-state index in [1.807, 2.05) is 38.4 Å². The number of aryl methyl sites for hydroxylation is 2. The predicted octanol–water partition coefficient (Wildman–Crippen LogP) is 4.65. The maximum Gasteiger partial charge on any atom is 0.251 e. The van der Waals surface area contributed by atoms with E-state index in [0.717, 1.165) is 47.4 Å². The van der Waals surface area contributed by atoms with E-state index in [1.165, 1.54) is 41.2 Å². The van der Waals surface area contributed by atoms with Crippen LogP contribution in [0, 0.1) is 6.92 Å². The van der Waals surface area contributed by atoms with Crippen molar-refractivity contribution in [2.45, 2.75) is 39.0 Å². The Morgan fingerprint density at radius 2 is 1.70 bits per heavy atom. The van der Waals surface area contributed by atoms with E-state index in [1.54, 1.807) is 0 Å². The molecular weight excluding hydrogens is 410 g/mol. The molecule has 0 saturated carbocycles. The molecule has 5 rings (SSSR count). The summed E-state index contributed by atoms with van der Waals surface area (Å²) in [5, 5.41) is 13.1. The normalized spacial score (nSPS) is 13.9. The first-order valence-corrected chi connectivity index (χ1v) is 11.9. The van der Waals surface area contributed by atoms with E-state index in [-0.39, 0.29) is 5.91 Å². The van der Waals surface area contributed by atoms with Crippen molar-refractivity contribution in [2.75, 3.05) is 27.2 Å². The van der Waals surface area contributed by atoms with Gasteiger partial charge in [-0.15, -0.1) is 0 Å². The zero-order valence-electron chi connectivity index (χ0n) is 19.7. The highest BCUT2D eigenvalue weighted by Gasteiger charge is 2.21. The number of hydrogen-bond donors (Lipinski definition) is 2. The van der Waals surface area contributed by atoms with Gasteiger partial charge in [-0.05, 0) is 82.1 Å². The first kappa shape index (κ1) is 21.6. The zero-order chi connectivity index (χ0) is 22.9. The summed E-state index contributed by atoms with van der Waals surface area (Å²) in [5.41, 5.74) is 8.72. The number of nitrogens with zero attached hydrogens (tertiary/aromatic N) is 3. The number of aromatic nitrogens is 3. The number of likely N-dealkylation sites (N-methyl/N-ethyl adjacent to an activating group) is 1. The largest absolute Gasteiger partial charge is 0.351 e. The third kappa shape index (κ3) is 4.11. The number of H-pyrrole nitrogens is 1. The third-order valence-corrected chi connectivity index (χ3v) is 6.68. The Morgan fingerprint density at radius 3 is 2.45 bits per heavy atom. The molecule has 33 heavy (non-hydrogen) atoms. The fourth-order valence-electron chi connectivity index (χ4n) is 4.97. The molecule has 0 saturated heterocycles. The molecule has 6 heteroatoms. The number of carbonyl (C=O) groups excluding carboxylic acids is 1. The van der Waals surface area contributed by atoms with Crippen molar-refractivity contribution >= 4 is 27.7 Å². The van der Waals surface area contributed by atoms with Crippen LogP contribution in [0.4, 0.5) is 0 Å². The number of carbonyl (C=O) groups is 1. The van der Waals surface area contributed by atoms with Crippen molar-refractivity contribution < 1.29 is 4.79 Å². The fourth-order valence-corrected chi connectivity index (χ4v) is 4.97. The second-order valence-electron chi connectivity index (χ2n) is 9.32. The lowest BCUT2D eigenvalue weighted by atomic mass is 9.91. The first-order chi connectivity index (χ1) is 16.0. The number of amides is 1. The molecule has 2 heterocycles. The SMILES string of the molecule is Cc1[nH]nc2ccc3nc(-c4ccc(C(=O)NCCN(C)C)cc4)c4c(c3c12)CCCCC4. The van der Waals surface area contributed by atoms with E-state index in [0.29, 0.717) is 12.1 Å². The van der Waals surface area contributed by atoms with Crippen LogP contribution in [-0.2, 0) is 12.8 Å². The first-order valence-electron chi connectivity index (χ1n) is 11.9. The Labute approximate surface area is 194 Å². The number of pyridine rings is 1. The van der Waals surface area contributed by atoms with Gasteiger partial charge < -0.3 is 10.2 Å². The zero-order valence-corrected chi connectivity index (χ0v) is 19.7. The molecule has 1 aliphatic carbocycles. The number of hydrogen-bond acceptors (Lipinski definition) is 4. The second-order valence-corrected chi connectivity index (χ2v) is 9.32. The van der Waals surface area contributed by atoms with Crippen molar-refractivity contribution in [1.29, 1.82) is 0 Å². The standard InChI is InChI=1S/C27H31N5O/c1-17-24-23(31-30-17)14-13-22-25(24)20-7-5-4-6-8-21(20)26(29-22)18-9-11-19(12-10-18)27(33)28-15-16-32(2)3/h9-14H,4-8,15-16H2,1-3H3,(H,28,33)(H,30,31). The van der Waals surface area contributed by atoms with Gasteiger partial charge in [-0.3, -0.25) is 9.89 Å². The van der Waals surface area contributed by atoms with Gasteiger partial charge in [0.1, 0.15) is 0 Å². The lowest BCUT2D eigenvalue weighted by Gasteiger charge is -2.17. The van der Waals surface area contributed by atoms with Crippen LogP contribution in [0.15, 0.2) is 36.4 Å². The summed E-state index contributed by atoms with van der Waals surface area (Å²) in [6, 6.07) is 12.1. The molecular formula is C27H31N5O. The molecule has 1 aliphatic rings. The van der Waals surface area contributed by atoms with E-state index in [4.69, 9.17) is 4.98 Å². The van der Waals surface area contributed by atoms with E-state index in [2.05, 4.69) is 39.5 Å². The number of aromatic amines is 1. The molecule has 4 aromatic rings. The molecule has 0 spiro atoms. The van der Waals surface area contributed by atoms with Crippen molar-refractivity contribution in [2.24, 2.45) is 0 Å². The van der Waals surface area contributed by atoms with Gasteiger partial charge in [0.15, 0.2) is 0 Å². The Hall–Kier alpha value is -3.25. The average molecular weight is 442 g/mol. The number of rotatable bonds is 5. The summed E-state index contributed by atoms with van der Waals surface area (Å²) < 4.78 is 0. The minimum atomic E-state index is -0.0356. The number of nitrogens with one attached hydrogen (secondary N) is 2. The highest BCUT2D eigenvalue weighted by molar-refractivity contribution is 6.09. The highest BCUT2D eigenvalue weighted by atomic mass is 16.1. The molecule has 2 aromatic heterocycles. The summed E-state index contributed by atoms with van der Waals surface area (Å²) in [4.78, 5) is 19.7. The average Bonchev–Trinajstić information content (AvgIpc) is 3.03. The molecule has 0 aliphatic heterocycles. The van der Waals surface area contributed by atoms with E-state index < -0.39 is 0 Å². The monoisotopic (exact) mass is 441 g/mol. The van der Waals surface area contributed by atoms with Crippen molar-refractivity contribution in [1.82, 2.24) is 25.4 Å². The number of fused-ring (bicyclic) bond motifs is 5. The number of benzene rings is 2. The lowest BCUT2D eigenvalue weighted by Crippen LogP contribution is -2.31. The predicted molar refractivity (Wildman–Crippen MR) is 134 cm³/mol. The van der Waals surface area contributed by atoms with Gasteiger partial charge >= 0.3 is 0 Å². The molecule has 2 aromatic carbocycles. The van der Waals surface area contributed by atoms with Gasteiger partial charge in [0.05, 0.1) is 16.7 Å². The Balaban J connectivity index is 1.57. The van der Waals surface area contributed by atoms with Crippen LogP contribution in [0.25, 0.3) is 33.1 Å². The van der Waals surface area contributed by atoms with E-state index >= 15 is 0 Å². The molecule has 0 atom stereocenters. The van der Waals surface area contributed by atoms with Crippen LogP contribution in [0.1, 0.15) is 46.4 Å². The fraction of sp³-hybridized carbons (Fsp3) is 0.370. The molecule has 0 radical (unpaired) electrons. The third-order valence-electron chi connectivity index (χ3n) is 6.68. The van der Waals surface area contributed by atoms with Crippen LogP contribution >= 0.6 is 0 Å². The smallest absolute Gasteiger partial charge is 0.251 e.